The maximum absolute atomic E-state index is 13.3. The number of hydrogen-bond donors (Lipinski definition) is 1. The highest BCUT2D eigenvalue weighted by molar-refractivity contribution is 9.10. The molecule has 0 saturated carbocycles. The monoisotopic (exact) mass is 562 g/mol. The number of ketones is 2. The summed E-state index contributed by atoms with van der Waals surface area (Å²) >= 11 is 3.57. The highest BCUT2D eigenvalue weighted by Gasteiger charge is 2.43. The van der Waals surface area contributed by atoms with Crippen LogP contribution in [0.1, 0.15) is 61.1 Å². The van der Waals surface area contributed by atoms with E-state index in [-0.39, 0.29) is 24.1 Å². The van der Waals surface area contributed by atoms with Crippen molar-refractivity contribution in [2.24, 2.45) is 0 Å². The quantitative estimate of drug-likeness (QED) is 0.474. The molecule has 1 aliphatic heterocycles. The SMILES string of the molecule is Cc1ccc(NC(=O)COc2ccc(Br)cc2C2C3=C(CCCC3=O)N(C)C3=C2C(=O)CCC3)cc1C. The van der Waals surface area contributed by atoms with Crippen LogP contribution in [0, 0.1) is 13.8 Å². The second-order valence-corrected chi connectivity index (χ2v) is 11.0. The zero-order valence-electron chi connectivity index (χ0n) is 21.4. The molecule has 0 radical (unpaired) electrons. The number of anilines is 1. The molecule has 5 rings (SSSR count). The maximum Gasteiger partial charge on any atom is 0.262 e. The van der Waals surface area contributed by atoms with E-state index in [1.807, 2.05) is 57.3 Å². The molecule has 1 amide bonds. The molecule has 0 bridgehead atoms. The van der Waals surface area contributed by atoms with Crippen LogP contribution in [0.4, 0.5) is 5.69 Å². The van der Waals surface area contributed by atoms with Gasteiger partial charge in [-0.1, -0.05) is 22.0 Å². The average molecular weight is 563 g/mol. The molecule has 0 fully saturated rings. The Bertz CT molecular complexity index is 1330. The summed E-state index contributed by atoms with van der Waals surface area (Å²) in [5.74, 6) is -0.0915. The molecule has 2 aliphatic carbocycles. The minimum atomic E-state index is -0.489. The molecular formula is C30H31BrN2O4. The van der Waals surface area contributed by atoms with Gasteiger partial charge in [-0.25, -0.2) is 0 Å². The van der Waals surface area contributed by atoms with E-state index in [2.05, 4.69) is 26.1 Å². The number of allylic oxidation sites excluding steroid dienone is 4. The largest absolute Gasteiger partial charge is 0.483 e. The summed E-state index contributed by atoms with van der Waals surface area (Å²) in [6.45, 7) is 3.84. The van der Waals surface area contributed by atoms with E-state index in [9.17, 15) is 14.4 Å². The van der Waals surface area contributed by atoms with Crippen molar-refractivity contribution in [3.8, 4) is 5.75 Å². The molecule has 1 heterocycles. The van der Waals surface area contributed by atoms with Crippen LogP contribution in [0.15, 0.2) is 63.4 Å². The van der Waals surface area contributed by atoms with Crippen LogP contribution < -0.4 is 10.1 Å². The molecular weight excluding hydrogens is 532 g/mol. The van der Waals surface area contributed by atoms with Gasteiger partial charge in [-0.2, -0.15) is 0 Å². The summed E-state index contributed by atoms with van der Waals surface area (Å²) in [6.07, 6.45) is 4.19. The topological polar surface area (TPSA) is 75.7 Å². The Hall–Kier alpha value is -3.19. The van der Waals surface area contributed by atoms with Gasteiger partial charge >= 0.3 is 0 Å². The lowest BCUT2D eigenvalue weighted by Crippen LogP contribution is -2.37. The summed E-state index contributed by atoms with van der Waals surface area (Å²) in [5, 5.41) is 2.89. The van der Waals surface area contributed by atoms with Crippen molar-refractivity contribution in [1.29, 1.82) is 0 Å². The molecule has 0 atom stereocenters. The van der Waals surface area contributed by atoms with Crippen molar-refractivity contribution in [2.75, 3.05) is 19.0 Å². The number of carbonyl (C=O) groups is 3. The number of rotatable bonds is 5. The fourth-order valence-electron chi connectivity index (χ4n) is 5.70. The Morgan fingerprint density at radius 3 is 2.22 bits per heavy atom. The van der Waals surface area contributed by atoms with Gasteiger partial charge in [-0.3, -0.25) is 14.4 Å². The lowest BCUT2D eigenvalue weighted by molar-refractivity contribution is -0.119. The summed E-state index contributed by atoms with van der Waals surface area (Å²) in [6, 6.07) is 11.4. The average Bonchev–Trinajstić information content (AvgIpc) is 2.87. The van der Waals surface area contributed by atoms with Gasteiger partial charge in [-0.15, -0.1) is 0 Å². The molecule has 192 valence electrons. The van der Waals surface area contributed by atoms with Gasteiger partial charge in [-0.05, 0) is 81.0 Å². The second kappa shape index (κ2) is 10.3. The Labute approximate surface area is 225 Å². The number of ether oxygens (including phenoxy) is 1. The maximum atomic E-state index is 13.3. The lowest BCUT2D eigenvalue weighted by Gasteiger charge is -2.42. The molecule has 7 heteroatoms. The molecule has 0 unspecified atom stereocenters. The van der Waals surface area contributed by atoms with Crippen molar-refractivity contribution in [3.63, 3.8) is 0 Å². The Kier molecular flexibility index (Phi) is 7.08. The van der Waals surface area contributed by atoms with E-state index >= 15 is 0 Å². The van der Waals surface area contributed by atoms with E-state index in [0.717, 1.165) is 58.2 Å². The third-order valence-corrected chi connectivity index (χ3v) is 8.17. The van der Waals surface area contributed by atoms with Crippen molar-refractivity contribution in [3.05, 3.63) is 80.1 Å². The summed E-state index contributed by atoms with van der Waals surface area (Å²) < 4.78 is 6.90. The molecule has 3 aliphatic rings. The molecule has 37 heavy (non-hydrogen) atoms. The van der Waals surface area contributed by atoms with Crippen LogP contribution >= 0.6 is 15.9 Å². The number of carbonyl (C=O) groups excluding carboxylic acids is 3. The first kappa shape index (κ1) is 25.5. The molecule has 0 aromatic heterocycles. The van der Waals surface area contributed by atoms with E-state index < -0.39 is 5.92 Å². The van der Waals surface area contributed by atoms with E-state index in [1.165, 1.54) is 0 Å². The first-order valence-electron chi connectivity index (χ1n) is 12.8. The van der Waals surface area contributed by atoms with Crippen LogP contribution in [0.3, 0.4) is 0 Å². The number of aryl methyl sites for hydroxylation is 2. The number of nitrogens with one attached hydrogen (secondary N) is 1. The molecule has 1 N–H and O–H groups in total. The minimum absolute atomic E-state index is 0.0847. The molecule has 2 aromatic rings. The van der Waals surface area contributed by atoms with Gasteiger partial charge in [0.1, 0.15) is 5.75 Å². The summed E-state index contributed by atoms with van der Waals surface area (Å²) in [7, 11) is 1.98. The smallest absolute Gasteiger partial charge is 0.262 e. The predicted molar refractivity (Wildman–Crippen MR) is 146 cm³/mol. The molecule has 6 nitrogen and oxygen atoms in total. The van der Waals surface area contributed by atoms with Gasteiger partial charge in [0.15, 0.2) is 18.2 Å². The van der Waals surface area contributed by atoms with Crippen LogP contribution in [0.25, 0.3) is 0 Å². The van der Waals surface area contributed by atoms with Crippen LogP contribution in [0.2, 0.25) is 0 Å². The second-order valence-electron chi connectivity index (χ2n) is 10.1. The van der Waals surface area contributed by atoms with Crippen LogP contribution in [-0.2, 0) is 14.4 Å². The Morgan fingerprint density at radius 2 is 1.59 bits per heavy atom. The molecule has 2 aromatic carbocycles. The fraction of sp³-hybridized carbons (Fsp3) is 0.367. The predicted octanol–water partition coefficient (Wildman–Crippen LogP) is 6.13. The third kappa shape index (κ3) is 4.89. The standard InChI is InChI=1S/C30H31BrN2O4/c1-17-10-12-20(14-18(17)2)32-27(36)16-37-26-13-11-19(31)15-21(26)28-29-22(6-4-8-24(29)34)33(3)23-7-5-9-25(35)30(23)28/h10-15,28H,4-9,16H2,1-3H3,(H,32,36). The summed E-state index contributed by atoms with van der Waals surface area (Å²) in [4.78, 5) is 41.5. The number of nitrogens with zero attached hydrogens (tertiary/aromatic N) is 1. The number of hydrogen-bond acceptors (Lipinski definition) is 5. The molecule has 0 saturated heterocycles. The van der Waals surface area contributed by atoms with Gasteiger partial charge in [0.25, 0.3) is 5.91 Å². The third-order valence-electron chi connectivity index (χ3n) is 7.68. The van der Waals surface area contributed by atoms with Crippen LogP contribution in [0.5, 0.6) is 5.75 Å². The Morgan fingerprint density at radius 1 is 0.946 bits per heavy atom. The zero-order valence-corrected chi connectivity index (χ0v) is 23.0. The number of amides is 1. The first-order valence-corrected chi connectivity index (χ1v) is 13.6. The fourth-order valence-corrected chi connectivity index (χ4v) is 6.08. The Balaban J connectivity index is 1.50. The highest BCUT2D eigenvalue weighted by Crippen LogP contribution is 2.50. The number of Topliss-reactive ketones (excluding diaryl/α,β-unsaturated/α-hetero) is 2. The first-order chi connectivity index (χ1) is 17.7. The van der Waals surface area contributed by atoms with Gasteiger partial charge < -0.3 is 15.0 Å². The number of halogens is 1. The van der Waals surface area contributed by atoms with E-state index in [0.29, 0.717) is 35.4 Å². The van der Waals surface area contributed by atoms with Crippen molar-refractivity contribution in [2.45, 2.75) is 58.3 Å². The normalized spacial score (nSPS) is 18.1. The zero-order chi connectivity index (χ0) is 26.3. The van der Waals surface area contributed by atoms with Crippen molar-refractivity contribution < 1.29 is 19.1 Å². The number of benzene rings is 2. The highest BCUT2D eigenvalue weighted by atomic mass is 79.9. The van der Waals surface area contributed by atoms with E-state index in [4.69, 9.17) is 4.74 Å². The van der Waals surface area contributed by atoms with Gasteiger partial charge in [0.05, 0.1) is 0 Å². The van der Waals surface area contributed by atoms with Gasteiger partial charge in [0.2, 0.25) is 0 Å². The molecule has 0 spiro atoms. The van der Waals surface area contributed by atoms with E-state index in [1.54, 1.807) is 0 Å². The summed E-state index contributed by atoms with van der Waals surface area (Å²) in [5.41, 5.74) is 7.12. The van der Waals surface area contributed by atoms with Crippen molar-refractivity contribution in [1.82, 2.24) is 4.90 Å². The minimum Gasteiger partial charge on any atom is -0.483 e. The lowest BCUT2D eigenvalue weighted by atomic mass is 9.71. The van der Waals surface area contributed by atoms with Gasteiger partial charge in [0, 0.05) is 64.1 Å². The van der Waals surface area contributed by atoms with Crippen LogP contribution in [-0.4, -0.2) is 36.0 Å². The van der Waals surface area contributed by atoms with Crippen molar-refractivity contribution >= 4 is 39.1 Å².